The number of furan rings is 1. The third-order valence-electron chi connectivity index (χ3n) is 5.19. The van der Waals surface area contributed by atoms with Crippen molar-refractivity contribution >= 4 is 11.8 Å². The lowest BCUT2D eigenvalue weighted by Crippen LogP contribution is -2.26. The zero-order valence-corrected chi connectivity index (χ0v) is 16.1. The number of amides is 1. The first kappa shape index (κ1) is 17.9. The van der Waals surface area contributed by atoms with Crippen LogP contribution in [0.1, 0.15) is 27.4 Å². The van der Waals surface area contributed by atoms with Crippen LogP contribution in [-0.2, 0) is 13.1 Å². The average Bonchev–Trinajstić information content (AvgIpc) is 3.50. The molecule has 3 aromatic heterocycles. The van der Waals surface area contributed by atoms with Crippen molar-refractivity contribution in [2.45, 2.75) is 20.0 Å². The topological polar surface area (TPSA) is 99.3 Å². The fourth-order valence-corrected chi connectivity index (χ4v) is 3.75. The van der Waals surface area contributed by atoms with Crippen molar-refractivity contribution in [1.29, 1.82) is 0 Å². The molecule has 0 aliphatic carbocycles. The number of carbonyl (C=O) groups is 1. The highest BCUT2D eigenvalue weighted by Crippen LogP contribution is 2.32. The molecule has 0 bridgehead atoms. The monoisotopic (exact) mass is 403 g/mol. The summed E-state index contributed by atoms with van der Waals surface area (Å²) in [6.45, 7) is 2.67. The van der Waals surface area contributed by atoms with Crippen molar-refractivity contribution < 1.29 is 14.1 Å². The molecule has 150 valence electrons. The molecule has 1 aliphatic rings. The lowest BCUT2D eigenvalue weighted by Gasteiger charge is -2.17. The Morgan fingerprint density at radius 1 is 1.10 bits per heavy atom. The molecular formula is C21H17N5O4. The van der Waals surface area contributed by atoms with Gasteiger partial charge in [-0.1, -0.05) is 18.2 Å². The lowest BCUT2D eigenvalue weighted by molar-refractivity contribution is -0.402. The van der Waals surface area contributed by atoms with Crippen molar-refractivity contribution in [1.82, 2.24) is 19.2 Å². The molecule has 0 fully saturated rings. The van der Waals surface area contributed by atoms with Crippen molar-refractivity contribution in [2.75, 3.05) is 0 Å². The van der Waals surface area contributed by atoms with E-state index in [1.807, 2.05) is 65.0 Å². The van der Waals surface area contributed by atoms with Crippen molar-refractivity contribution in [2.24, 2.45) is 0 Å². The first-order chi connectivity index (χ1) is 14.5. The molecule has 0 saturated carbocycles. The maximum Gasteiger partial charge on any atom is 0.433 e. The molecule has 4 heterocycles. The summed E-state index contributed by atoms with van der Waals surface area (Å²) in [6, 6.07) is 14.4. The quantitative estimate of drug-likeness (QED) is 0.383. The maximum atomic E-state index is 12.8. The number of nitro groups is 1. The van der Waals surface area contributed by atoms with Crippen LogP contribution in [0.2, 0.25) is 0 Å². The minimum absolute atomic E-state index is 0.0545. The molecule has 0 spiro atoms. The summed E-state index contributed by atoms with van der Waals surface area (Å²) in [5, 5.41) is 15.6. The molecule has 9 heteroatoms. The molecule has 0 atom stereocenters. The molecule has 0 saturated heterocycles. The second-order valence-electron chi connectivity index (χ2n) is 7.09. The van der Waals surface area contributed by atoms with Gasteiger partial charge in [0.1, 0.15) is 10.7 Å². The Morgan fingerprint density at radius 2 is 1.87 bits per heavy atom. The Labute approximate surface area is 170 Å². The second-order valence-corrected chi connectivity index (χ2v) is 7.09. The molecule has 0 unspecified atom stereocenters. The molecule has 5 rings (SSSR count). The summed E-state index contributed by atoms with van der Waals surface area (Å²) in [5.74, 6) is -0.0405. The van der Waals surface area contributed by atoms with Crippen LogP contribution in [0.15, 0.2) is 65.3 Å². The van der Waals surface area contributed by atoms with E-state index in [2.05, 4.69) is 0 Å². The van der Waals surface area contributed by atoms with E-state index in [0.29, 0.717) is 13.1 Å². The zero-order chi connectivity index (χ0) is 20.8. The van der Waals surface area contributed by atoms with Gasteiger partial charge in [0.25, 0.3) is 5.91 Å². The Morgan fingerprint density at radius 3 is 2.57 bits per heavy atom. The number of carbonyl (C=O) groups excluding carboxylic acids is 1. The van der Waals surface area contributed by atoms with Gasteiger partial charge in [-0.25, -0.2) is 4.68 Å². The van der Waals surface area contributed by atoms with Crippen LogP contribution in [0.25, 0.3) is 11.5 Å². The van der Waals surface area contributed by atoms with Crippen LogP contribution in [0, 0.1) is 17.0 Å². The molecule has 1 aromatic carbocycles. The summed E-state index contributed by atoms with van der Waals surface area (Å²) in [5.41, 5.74) is 3.78. The van der Waals surface area contributed by atoms with Crippen LogP contribution < -0.4 is 0 Å². The smallest absolute Gasteiger partial charge is 0.395 e. The molecule has 1 aliphatic heterocycles. The Hall–Kier alpha value is -4.14. The predicted molar refractivity (Wildman–Crippen MR) is 107 cm³/mol. The van der Waals surface area contributed by atoms with Crippen molar-refractivity contribution in [3.63, 3.8) is 0 Å². The minimum atomic E-state index is -0.660. The van der Waals surface area contributed by atoms with Gasteiger partial charge >= 0.3 is 5.88 Å². The highest BCUT2D eigenvalue weighted by atomic mass is 16.6. The summed E-state index contributed by atoms with van der Waals surface area (Å²) in [4.78, 5) is 24.6. The number of aromatic nitrogens is 3. The average molecular weight is 403 g/mol. The van der Waals surface area contributed by atoms with Gasteiger partial charge in [0.05, 0.1) is 30.5 Å². The largest absolute Gasteiger partial charge is 0.433 e. The van der Waals surface area contributed by atoms with Crippen molar-refractivity contribution in [3.05, 3.63) is 93.6 Å². The van der Waals surface area contributed by atoms with Crippen molar-refractivity contribution in [3.8, 4) is 11.5 Å². The molecule has 1 amide bonds. The van der Waals surface area contributed by atoms with Crippen LogP contribution in [-0.4, -0.2) is 30.1 Å². The Balaban J connectivity index is 1.53. The van der Waals surface area contributed by atoms with Gasteiger partial charge in [-0.15, -0.1) is 0 Å². The molecule has 9 nitrogen and oxygen atoms in total. The SMILES string of the molecule is Cc1ccccc1-n1nc2c(c1-n1cccc1)CN(C(=O)c1ccc([N+](=O)[O-])o1)C2. The van der Waals surface area contributed by atoms with Gasteiger partial charge in [0.2, 0.25) is 0 Å². The second kappa shape index (κ2) is 6.73. The number of hydrogen-bond acceptors (Lipinski definition) is 5. The first-order valence-corrected chi connectivity index (χ1v) is 9.36. The van der Waals surface area contributed by atoms with Gasteiger partial charge in [0.15, 0.2) is 5.76 Å². The Bertz CT molecular complexity index is 1270. The molecule has 4 aromatic rings. The number of para-hydroxylation sites is 1. The zero-order valence-electron chi connectivity index (χ0n) is 16.1. The lowest BCUT2D eigenvalue weighted by atomic mass is 10.2. The highest BCUT2D eigenvalue weighted by Gasteiger charge is 2.33. The normalized spacial score (nSPS) is 12.9. The molecular weight excluding hydrogens is 386 g/mol. The summed E-state index contributed by atoms with van der Waals surface area (Å²) < 4.78 is 8.96. The van der Waals surface area contributed by atoms with Gasteiger partial charge in [-0.05, 0) is 36.8 Å². The molecule has 0 N–H and O–H groups in total. The van der Waals surface area contributed by atoms with Crippen LogP contribution in [0.5, 0.6) is 0 Å². The van der Waals surface area contributed by atoms with Crippen LogP contribution in [0.3, 0.4) is 0 Å². The number of benzene rings is 1. The number of nitrogens with zero attached hydrogens (tertiary/aromatic N) is 5. The van der Waals surface area contributed by atoms with E-state index in [9.17, 15) is 14.9 Å². The van der Waals surface area contributed by atoms with Gasteiger partial charge in [-0.2, -0.15) is 5.10 Å². The number of hydrogen-bond donors (Lipinski definition) is 0. The fraction of sp³-hybridized carbons (Fsp3) is 0.143. The molecule has 30 heavy (non-hydrogen) atoms. The summed E-state index contributed by atoms with van der Waals surface area (Å²) >= 11 is 0. The number of fused-ring (bicyclic) bond motifs is 1. The highest BCUT2D eigenvalue weighted by molar-refractivity contribution is 5.92. The maximum absolute atomic E-state index is 12.8. The van der Waals surface area contributed by atoms with Gasteiger partial charge in [-0.3, -0.25) is 14.9 Å². The minimum Gasteiger partial charge on any atom is -0.395 e. The van der Waals surface area contributed by atoms with E-state index in [4.69, 9.17) is 9.52 Å². The van der Waals surface area contributed by atoms with E-state index in [0.717, 1.165) is 28.3 Å². The number of aryl methyl sites for hydroxylation is 1. The summed E-state index contributed by atoms with van der Waals surface area (Å²) in [6.07, 6.45) is 3.87. The third kappa shape index (κ3) is 2.79. The van der Waals surface area contributed by atoms with E-state index in [1.54, 1.807) is 4.90 Å². The fourth-order valence-electron chi connectivity index (χ4n) is 3.75. The summed E-state index contributed by atoms with van der Waals surface area (Å²) in [7, 11) is 0. The van der Waals surface area contributed by atoms with E-state index < -0.39 is 16.7 Å². The predicted octanol–water partition coefficient (Wildman–Crippen LogP) is 3.63. The van der Waals surface area contributed by atoms with Gasteiger partial charge < -0.3 is 13.9 Å². The first-order valence-electron chi connectivity index (χ1n) is 9.36. The van der Waals surface area contributed by atoms with E-state index >= 15 is 0 Å². The van der Waals surface area contributed by atoms with Crippen LogP contribution in [0.4, 0.5) is 5.88 Å². The van der Waals surface area contributed by atoms with Crippen LogP contribution >= 0.6 is 0 Å². The third-order valence-corrected chi connectivity index (χ3v) is 5.19. The Kier molecular flexibility index (Phi) is 4.02. The van der Waals surface area contributed by atoms with E-state index in [-0.39, 0.29) is 5.76 Å². The molecule has 0 radical (unpaired) electrons. The number of rotatable bonds is 4. The standard InChI is InChI=1S/C21H17N5O4/c1-14-6-2-3-7-17(14)25-20(23-10-4-5-11-23)15-12-24(13-16(15)22-25)21(27)18-8-9-19(30-18)26(28)29/h2-11H,12-13H2,1H3. The van der Waals surface area contributed by atoms with E-state index in [1.165, 1.54) is 12.1 Å². The van der Waals surface area contributed by atoms with Gasteiger partial charge in [0, 0.05) is 18.0 Å².